The van der Waals surface area contributed by atoms with Crippen LogP contribution in [0.2, 0.25) is 0 Å². The number of hydrogen-bond donors (Lipinski definition) is 2. The first-order valence-electron chi connectivity index (χ1n) is 5.58. The zero-order chi connectivity index (χ0) is 13.6. The zero-order valence-electron chi connectivity index (χ0n) is 10.3. The van der Waals surface area contributed by atoms with Gasteiger partial charge in [0.15, 0.2) is 0 Å². The van der Waals surface area contributed by atoms with E-state index in [4.69, 9.17) is 11.0 Å². The first-order valence-corrected chi connectivity index (χ1v) is 7.06. The van der Waals surface area contributed by atoms with Crippen molar-refractivity contribution in [2.75, 3.05) is 5.73 Å². The van der Waals surface area contributed by atoms with Crippen LogP contribution in [0.25, 0.3) is 0 Å². The van der Waals surface area contributed by atoms with Crippen molar-refractivity contribution in [2.24, 2.45) is 5.41 Å². The molecule has 3 N–H and O–H groups in total. The highest BCUT2D eigenvalue weighted by molar-refractivity contribution is 7.89. The molecule has 0 aromatic heterocycles. The molecule has 2 rings (SSSR count). The molecule has 1 atom stereocenters. The van der Waals surface area contributed by atoms with Crippen molar-refractivity contribution in [3.8, 4) is 6.07 Å². The van der Waals surface area contributed by atoms with Crippen LogP contribution < -0.4 is 10.5 Å². The average molecular weight is 265 g/mol. The third-order valence-corrected chi connectivity index (χ3v) is 4.75. The highest BCUT2D eigenvalue weighted by Crippen LogP contribution is 2.45. The monoisotopic (exact) mass is 265 g/mol. The Labute approximate surface area is 107 Å². The number of hydrogen-bond acceptors (Lipinski definition) is 4. The fourth-order valence-electron chi connectivity index (χ4n) is 1.79. The first kappa shape index (κ1) is 12.9. The average Bonchev–Trinajstić information content (AvgIpc) is 2.84. The van der Waals surface area contributed by atoms with Crippen LogP contribution in [0.5, 0.6) is 0 Å². The molecule has 1 aliphatic rings. The van der Waals surface area contributed by atoms with E-state index >= 15 is 0 Å². The van der Waals surface area contributed by atoms with Crippen molar-refractivity contribution < 1.29 is 8.42 Å². The van der Waals surface area contributed by atoms with Crippen molar-refractivity contribution in [1.82, 2.24) is 4.72 Å². The van der Waals surface area contributed by atoms with E-state index in [2.05, 4.69) is 4.72 Å². The predicted molar refractivity (Wildman–Crippen MR) is 68.1 cm³/mol. The van der Waals surface area contributed by atoms with Crippen molar-refractivity contribution in [2.45, 2.75) is 31.2 Å². The van der Waals surface area contributed by atoms with Gasteiger partial charge in [-0.25, -0.2) is 13.1 Å². The molecule has 6 heteroatoms. The van der Waals surface area contributed by atoms with Gasteiger partial charge < -0.3 is 5.73 Å². The molecule has 0 aliphatic heterocycles. The second-order valence-corrected chi connectivity index (χ2v) is 6.92. The number of rotatable bonds is 3. The molecule has 0 amide bonds. The minimum absolute atomic E-state index is 0.00627. The van der Waals surface area contributed by atoms with Gasteiger partial charge in [-0.05, 0) is 30.0 Å². The van der Waals surface area contributed by atoms with E-state index in [1.54, 1.807) is 0 Å². The topological polar surface area (TPSA) is 96.0 Å². The van der Waals surface area contributed by atoms with Gasteiger partial charge in [-0.15, -0.1) is 0 Å². The van der Waals surface area contributed by atoms with Crippen LogP contribution in [0.1, 0.15) is 25.8 Å². The smallest absolute Gasteiger partial charge is 0.242 e. The summed E-state index contributed by atoms with van der Waals surface area (Å²) >= 11 is 0. The van der Waals surface area contributed by atoms with Crippen molar-refractivity contribution in [1.29, 1.82) is 5.26 Å². The number of nitrogen functional groups attached to an aromatic ring is 1. The summed E-state index contributed by atoms with van der Waals surface area (Å²) in [5, 5.41) is 8.96. The maximum absolute atomic E-state index is 12.2. The number of nitriles is 1. The molecule has 1 saturated carbocycles. The van der Waals surface area contributed by atoms with Crippen LogP contribution in [0.4, 0.5) is 5.69 Å². The molecule has 0 radical (unpaired) electrons. The lowest BCUT2D eigenvalue weighted by Gasteiger charge is -2.09. The van der Waals surface area contributed by atoms with Crippen molar-refractivity contribution in [3.63, 3.8) is 0 Å². The molecule has 1 aromatic rings. The number of anilines is 1. The van der Waals surface area contributed by atoms with Crippen molar-refractivity contribution in [3.05, 3.63) is 23.8 Å². The Bertz CT molecular complexity index is 629. The molecule has 96 valence electrons. The standard InChI is InChI=1S/C12H15N3O2S/c1-12(2)6-11(12)15-18(16,17)10-4-3-9(14)5-8(10)7-13/h3-5,11,15H,6,14H2,1-2H3. The van der Waals surface area contributed by atoms with E-state index in [0.29, 0.717) is 5.69 Å². The van der Waals surface area contributed by atoms with Crippen LogP contribution >= 0.6 is 0 Å². The molecule has 5 nitrogen and oxygen atoms in total. The molecular formula is C12H15N3O2S. The molecule has 0 heterocycles. The summed E-state index contributed by atoms with van der Waals surface area (Å²) < 4.78 is 26.9. The van der Waals surface area contributed by atoms with E-state index in [1.165, 1.54) is 18.2 Å². The fraction of sp³-hybridized carbons (Fsp3) is 0.417. The van der Waals surface area contributed by atoms with Crippen LogP contribution in [-0.2, 0) is 10.0 Å². The maximum Gasteiger partial charge on any atom is 0.242 e. The highest BCUT2D eigenvalue weighted by atomic mass is 32.2. The Hall–Kier alpha value is -1.58. The SMILES string of the molecule is CC1(C)CC1NS(=O)(=O)c1ccc(N)cc1C#N. The van der Waals surface area contributed by atoms with Gasteiger partial charge in [-0.1, -0.05) is 13.8 Å². The van der Waals surface area contributed by atoms with Gasteiger partial charge in [-0.2, -0.15) is 5.26 Å². The summed E-state index contributed by atoms with van der Waals surface area (Å²) in [5.41, 5.74) is 5.97. The number of sulfonamides is 1. The summed E-state index contributed by atoms with van der Waals surface area (Å²) in [7, 11) is -3.66. The first-order chi connectivity index (χ1) is 8.26. The van der Waals surface area contributed by atoms with E-state index in [0.717, 1.165) is 6.42 Å². The van der Waals surface area contributed by atoms with Crippen LogP contribution in [0.15, 0.2) is 23.1 Å². The molecule has 1 unspecified atom stereocenters. The number of nitrogens with zero attached hydrogens (tertiary/aromatic N) is 1. The molecule has 1 aliphatic carbocycles. The lowest BCUT2D eigenvalue weighted by atomic mass is 10.2. The largest absolute Gasteiger partial charge is 0.399 e. The molecule has 1 fully saturated rings. The lowest BCUT2D eigenvalue weighted by Crippen LogP contribution is -2.29. The maximum atomic E-state index is 12.2. The van der Waals surface area contributed by atoms with E-state index in [9.17, 15) is 8.42 Å². The molecule has 0 spiro atoms. The Morgan fingerprint density at radius 1 is 1.50 bits per heavy atom. The van der Waals surface area contributed by atoms with E-state index in [-0.39, 0.29) is 21.9 Å². The Morgan fingerprint density at radius 3 is 2.61 bits per heavy atom. The van der Waals surface area contributed by atoms with Crippen LogP contribution in [-0.4, -0.2) is 14.5 Å². The van der Waals surface area contributed by atoms with Crippen LogP contribution in [0.3, 0.4) is 0 Å². The van der Waals surface area contributed by atoms with Gasteiger partial charge in [0.05, 0.1) is 10.5 Å². The zero-order valence-corrected chi connectivity index (χ0v) is 11.1. The van der Waals surface area contributed by atoms with Gasteiger partial charge in [0.25, 0.3) is 0 Å². The third-order valence-electron chi connectivity index (χ3n) is 3.22. The number of nitrogens with two attached hydrogens (primary N) is 1. The predicted octanol–water partition coefficient (Wildman–Crippen LogP) is 1.22. The summed E-state index contributed by atoms with van der Waals surface area (Å²) in [5.74, 6) is 0. The van der Waals surface area contributed by atoms with Crippen LogP contribution in [0, 0.1) is 16.7 Å². The second-order valence-electron chi connectivity index (χ2n) is 5.23. The third kappa shape index (κ3) is 2.33. The normalized spacial score (nSPS) is 21.3. The Kier molecular flexibility index (Phi) is 2.84. The molecule has 0 bridgehead atoms. The lowest BCUT2D eigenvalue weighted by molar-refractivity contribution is 0.555. The summed E-state index contributed by atoms with van der Waals surface area (Å²) in [6.07, 6.45) is 0.809. The summed E-state index contributed by atoms with van der Waals surface area (Å²) in [6, 6.07) is 6.01. The molecule has 1 aromatic carbocycles. The Morgan fingerprint density at radius 2 is 2.11 bits per heavy atom. The fourth-order valence-corrected chi connectivity index (χ4v) is 3.33. The quantitative estimate of drug-likeness (QED) is 0.803. The molecular weight excluding hydrogens is 250 g/mol. The van der Waals surface area contributed by atoms with E-state index < -0.39 is 10.0 Å². The van der Waals surface area contributed by atoms with Gasteiger partial charge in [0.2, 0.25) is 10.0 Å². The molecule has 18 heavy (non-hydrogen) atoms. The van der Waals surface area contributed by atoms with Gasteiger partial charge in [0.1, 0.15) is 6.07 Å². The van der Waals surface area contributed by atoms with Gasteiger partial charge >= 0.3 is 0 Å². The van der Waals surface area contributed by atoms with E-state index in [1.807, 2.05) is 19.9 Å². The highest BCUT2D eigenvalue weighted by Gasteiger charge is 2.48. The summed E-state index contributed by atoms with van der Waals surface area (Å²) in [4.78, 5) is -0.0121. The Balaban J connectivity index is 2.34. The van der Waals surface area contributed by atoms with Gasteiger partial charge in [0, 0.05) is 11.7 Å². The number of benzene rings is 1. The van der Waals surface area contributed by atoms with Gasteiger partial charge in [-0.3, -0.25) is 0 Å². The minimum atomic E-state index is -3.66. The second kappa shape index (κ2) is 3.97. The summed E-state index contributed by atoms with van der Waals surface area (Å²) in [6.45, 7) is 3.99. The number of nitrogens with one attached hydrogen (secondary N) is 1. The minimum Gasteiger partial charge on any atom is -0.399 e. The van der Waals surface area contributed by atoms with Crippen molar-refractivity contribution >= 4 is 15.7 Å². The molecule has 0 saturated heterocycles.